The van der Waals surface area contributed by atoms with Crippen molar-refractivity contribution in [3.63, 3.8) is 0 Å². The van der Waals surface area contributed by atoms with Crippen molar-refractivity contribution in [1.82, 2.24) is 14.3 Å². The zero-order valence-electron chi connectivity index (χ0n) is 14.9. The molecule has 2 aromatic heterocycles. The number of carbonyl (C=O) groups is 1. The molecule has 0 saturated carbocycles. The molecule has 1 aliphatic heterocycles. The highest BCUT2D eigenvalue weighted by Gasteiger charge is 2.27. The minimum absolute atomic E-state index is 0.0608. The average Bonchev–Trinajstić information content (AvgIpc) is 2.99. The second-order valence-electron chi connectivity index (χ2n) is 6.68. The number of imidazole rings is 1. The highest BCUT2D eigenvalue weighted by Crippen LogP contribution is 2.25. The molecule has 0 aliphatic carbocycles. The normalized spacial score (nSPS) is 14.9. The number of hydrogen-bond acceptors (Lipinski definition) is 3. The number of benzene rings is 1. The van der Waals surface area contributed by atoms with Crippen LogP contribution in [0.1, 0.15) is 21.6 Å². The molecule has 5 nitrogen and oxygen atoms in total. The lowest BCUT2D eigenvalue weighted by Gasteiger charge is -2.37. The van der Waals surface area contributed by atoms with Gasteiger partial charge in [0.15, 0.2) is 10.8 Å². The fourth-order valence-corrected chi connectivity index (χ4v) is 3.80. The highest BCUT2D eigenvalue weighted by atomic mass is 35.5. The van der Waals surface area contributed by atoms with E-state index >= 15 is 0 Å². The number of carbonyl (C=O) groups excluding carboxylic acids is 1. The second-order valence-corrected chi connectivity index (χ2v) is 7.04. The van der Waals surface area contributed by atoms with Crippen molar-refractivity contribution in [2.75, 3.05) is 31.1 Å². The molecule has 6 heteroatoms. The molecule has 3 aromatic rings. The largest absolute Gasteiger partial charge is 0.368 e. The average molecular weight is 369 g/mol. The van der Waals surface area contributed by atoms with E-state index in [9.17, 15) is 4.79 Å². The van der Waals surface area contributed by atoms with Crippen molar-refractivity contribution in [1.29, 1.82) is 0 Å². The van der Waals surface area contributed by atoms with Gasteiger partial charge in [-0.2, -0.15) is 0 Å². The lowest BCUT2D eigenvalue weighted by atomic mass is 10.1. The highest BCUT2D eigenvalue weighted by molar-refractivity contribution is 6.32. The van der Waals surface area contributed by atoms with Crippen LogP contribution in [-0.2, 0) is 0 Å². The van der Waals surface area contributed by atoms with Crippen LogP contribution in [0.3, 0.4) is 0 Å². The summed E-state index contributed by atoms with van der Waals surface area (Å²) < 4.78 is 1.77. The summed E-state index contributed by atoms with van der Waals surface area (Å²) in [7, 11) is 0. The molecule has 1 saturated heterocycles. The molecule has 1 fully saturated rings. The SMILES string of the molecule is Cc1cccc(N2CCN(C(=O)c3c(Cl)nc4ccccn34)CC2)c1C. The number of pyridine rings is 1. The Hall–Kier alpha value is -2.53. The maximum Gasteiger partial charge on any atom is 0.274 e. The maximum atomic E-state index is 13.0. The van der Waals surface area contributed by atoms with E-state index in [-0.39, 0.29) is 11.1 Å². The first-order valence-electron chi connectivity index (χ1n) is 8.79. The lowest BCUT2D eigenvalue weighted by molar-refractivity contribution is 0.0740. The summed E-state index contributed by atoms with van der Waals surface area (Å²) in [5.74, 6) is -0.0608. The van der Waals surface area contributed by atoms with E-state index in [1.807, 2.05) is 29.3 Å². The van der Waals surface area contributed by atoms with Crippen LogP contribution in [0.25, 0.3) is 5.65 Å². The van der Waals surface area contributed by atoms with Gasteiger partial charge in [-0.25, -0.2) is 4.98 Å². The number of halogens is 1. The summed E-state index contributed by atoms with van der Waals surface area (Å²) in [6.45, 7) is 7.24. The number of fused-ring (bicyclic) bond motifs is 1. The molecule has 0 spiro atoms. The van der Waals surface area contributed by atoms with Gasteiger partial charge in [-0.3, -0.25) is 9.20 Å². The smallest absolute Gasteiger partial charge is 0.274 e. The van der Waals surface area contributed by atoms with Crippen LogP contribution in [-0.4, -0.2) is 46.4 Å². The van der Waals surface area contributed by atoms with E-state index in [2.05, 4.69) is 41.9 Å². The van der Waals surface area contributed by atoms with Gasteiger partial charge in [-0.1, -0.05) is 29.8 Å². The van der Waals surface area contributed by atoms with E-state index < -0.39 is 0 Å². The first-order valence-corrected chi connectivity index (χ1v) is 9.17. The number of amides is 1. The van der Waals surface area contributed by atoms with Crippen molar-refractivity contribution in [2.24, 2.45) is 0 Å². The van der Waals surface area contributed by atoms with Gasteiger partial charge in [0, 0.05) is 38.1 Å². The standard InChI is InChI=1S/C20H21ClN4O/c1-14-6-5-7-16(15(14)2)23-10-12-24(13-11-23)20(26)18-19(21)22-17-8-3-4-9-25(17)18/h3-9H,10-13H2,1-2H3. The van der Waals surface area contributed by atoms with Crippen LogP contribution in [0.2, 0.25) is 5.15 Å². The van der Waals surface area contributed by atoms with Crippen LogP contribution in [0, 0.1) is 13.8 Å². The number of aryl methyl sites for hydroxylation is 1. The third kappa shape index (κ3) is 2.82. The van der Waals surface area contributed by atoms with Gasteiger partial charge in [-0.15, -0.1) is 0 Å². The Morgan fingerprint density at radius 1 is 1.04 bits per heavy atom. The van der Waals surface area contributed by atoms with Gasteiger partial charge in [0.25, 0.3) is 5.91 Å². The van der Waals surface area contributed by atoms with E-state index in [0.29, 0.717) is 24.4 Å². The molecule has 0 radical (unpaired) electrons. The zero-order valence-corrected chi connectivity index (χ0v) is 15.7. The van der Waals surface area contributed by atoms with Crippen molar-refractivity contribution in [3.05, 3.63) is 64.6 Å². The number of anilines is 1. The summed E-state index contributed by atoms with van der Waals surface area (Å²) in [5.41, 5.74) is 4.98. The predicted octanol–water partition coefficient (Wildman–Crippen LogP) is 3.57. The van der Waals surface area contributed by atoms with Gasteiger partial charge in [0.2, 0.25) is 0 Å². The minimum atomic E-state index is -0.0608. The summed E-state index contributed by atoms with van der Waals surface area (Å²) in [5, 5.41) is 0.262. The predicted molar refractivity (Wildman–Crippen MR) is 104 cm³/mol. The summed E-state index contributed by atoms with van der Waals surface area (Å²) >= 11 is 6.25. The van der Waals surface area contributed by atoms with Gasteiger partial charge >= 0.3 is 0 Å². The maximum absolute atomic E-state index is 13.0. The Kier molecular flexibility index (Phi) is 4.32. The molecule has 26 heavy (non-hydrogen) atoms. The first kappa shape index (κ1) is 16.9. The molecule has 0 unspecified atom stereocenters. The van der Waals surface area contributed by atoms with Crippen LogP contribution < -0.4 is 4.90 Å². The molecule has 1 aliphatic rings. The second kappa shape index (κ2) is 6.65. The Balaban J connectivity index is 1.53. The minimum Gasteiger partial charge on any atom is -0.368 e. The molecule has 1 amide bonds. The number of rotatable bonds is 2. The molecule has 1 aromatic carbocycles. The Morgan fingerprint density at radius 3 is 2.58 bits per heavy atom. The topological polar surface area (TPSA) is 40.8 Å². The molecule has 3 heterocycles. The fraction of sp³-hybridized carbons (Fsp3) is 0.300. The fourth-order valence-electron chi connectivity index (χ4n) is 3.54. The van der Waals surface area contributed by atoms with Crippen molar-refractivity contribution in [2.45, 2.75) is 13.8 Å². The van der Waals surface area contributed by atoms with Crippen LogP contribution in [0.15, 0.2) is 42.6 Å². The van der Waals surface area contributed by atoms with Crippen molar-refractivity contribution < 1.29 is 4.79 Å². The van der Waals surface area contributed by atoms with Gasteiger partial charge in [0.05, 0.1) is 0 Å². The molecular formula is C20H21ClN4O. The molecule has 0 atom stereocenters. The van der Waals surface area contributed by atoms with Crippen LogP contribution >= 0.6 is 11.6 Å². The quantitative estimate of drug-likeness (QED) is 0.694. The Bertz CT molecular complexity index is 973. The van der Waals surface area contributed by atoms with Gasteiger partial charge in [-0.05, 0) is 43.2 Å². The van der Waals surface area contributed by atoms with E-state index in [1.54, 1.807) is 4.40 Å². The summed E-state index contributed by atoms with van der Waals surface area (Å²) in [6.07, 6.45) is 1.83. The van der Waals surface area contributed by atoms with E-state index in [1.165, 1.54) is 16.8 Å². The van der Waals surface area contributed by atoms with Crippen LogP contribution in [0.4, 0.5) is 5.69 Å². The van der Waals surface area contributed by atoms with Crippen LogP contribution in [0.5, 0.6) is 0 Å². The van der Waals surface area contributed by atoms with E-state index in [4.69, 9.17) is 11.6 Å². The van der Waals surface area contributed by atoms with Crippen molar-refractivity contribution >= 4 is 28.8 Å². The monoisotopic (exact) mass is 368 g/mol. The van der Waals surface area contributed by atoms with E-state index in [0.717, 1.165) is 13.1 Å². The Morgan fingerprint density at radius 2 is 1.81 bits per heavy atom. The lowest BCUT2D eigenvalue weighted by Crippen LogP contribution is -2.49. The number of hydrogen-bond donors (Lipinski definition) is 0. The molecule has 0 bridgehead atoms. The number of nitrogens with zero attached hydrogens (tertiary/aromatic N) is 4. The number of aromatic nitrogens is 2. The summed E-state index contributed by atoms with van der Waals surface area (Å²) in [4.78, 5) is 21.5. The van der Waals surface area contributed by atoms with Gasteiger partial charge < -0.3 is 9.80 Å². The molecule has 134 valence electrons. The van der Waals surface area contributed by atoms with Crippen molar-refractivity contribution in [3.8, 4) is 0 Å². The Labute approximate surface area is 157 Å². The third-order valence-electron chi connectivity index (χ3n) is 5.17. The molecule has 4 rings (SSSR count). The molecular weight excluding hydrogens is 348 g/mol. The first-order chi connectivity index (χ1) is 12.6. The third-order valence-corrected chi connectivity index (χ3v) is 5.44. The zero-order chi connectivity index (χ0) is 18.3. The summed E-state index contributed by atoms with van der Waals surface area (Å²) in [6, 6.07) is 12.0. The number of piperazine rings is 1. The molecule has 0 N–H and O–H groups in total. The van der Waals surface area contributed by atoms with Gasteiger partial charge in [0.1, 0.15) is 5.65 Å².